The van der Waals surface area contributed by atoms with E-state index in [1.165, 1.54) is 16.9 Å². The van der Waals surface area contributed by atoms with Gasteiger partial charge in [0.25, 0.3) is 5.91 Å². The van der Waals surface area contributed by atoms with Crippen LogP contribution in [0.4, 0.5) is 0 Å². The summed E-state index contributed by atoms with van der Waals surface area (Å²) in [5.74, 6) is 0.103. The van der Waals surface area contributed by atoms with E-state index in [0.29, 0.717) is 0 Å². The molecular formula is C15H22BrNOS. The zero-order chi connectivity index (χ0) is 13.9. The Hall–Kier alpha value is -0.350. The van der Waals surface area contributed by atoms with Crippen LogP contribution in [0, 0.1) is 5.41 Å². The molecule has 0 bridgehead atoms. The smallest absolute Gasteiger partial charge is 0.261 e. The summed E-state index contributed by atoms with van der Waals surface area (Å²) in [6.07, 6.45) is 5.83. The van der Waals surface area contributed by atoms with Crippen molar-refractivity contribution in [3.63, 3.8) is 0 Å². The average Bonchev–Trinajstić information content (AvgIpc) is 2.94. The van der Waals surface area contributed by atoms with Crippen molar-refractivity contribution >= 4 is 33.2 Å². The van der Waals surface area contributed by atoms with E-state index in [1.54, 1.807) is 11.3 Å². The van der Waals surface area contributed by atoms with Gasteiger partial charge in [-0.1, -0.05) is 29.8 Å². The number of thiophene rings is 1. The molecular weight excluding hydrogens is 322 g/mol. The average molecular weight is 344 g/mol. The molecule has 0 unspecified atom stereocenters. The highest BCUT2D eigenvalue weighted by molar-refractivity contribution is 9.09. The van der Waals surface area contributed by atoms with Crippen LogP contribution >= 0.6 is 27.3 Å². The largest absolute Gasteiger partial charge is 0.351 e. The summed E-state index contributed by atoms with van der Waals surface area (Å²) in [6.45, 7) is 5.18. The van der Waals surface area contributed by atoms with Crippen molar-refractivity contribution in [1.82, 2.24) is 5.32 Å². The summed E-state index contributed by atoms with van der Waals surface area (Å²) in [4.78, 5) is 14.5. The van der Waals surface area contributed by atoms with Crippen LogP contribution in [0.5, 0.6) is 0 Å². The second-order valence-corrected chi connectivity index (χ2v) is 7.98. The molecule has 1 aliphatic carbocycles. The van der Waals surface area contributed by atoms with Gasteiger partial charge in [-0.3, -0.25) is 4.79 Å². The number of fused-ring (bicyclic) bond motifs is 1. The van der Waals surface area contributed by atoms with Crippen LogP contribution in [0.3, 0.4) is 0 Å². The van der Waals surface area contributed by atoms with Crippen molar-refractivity contribution in [3.8, 4) is 0 Å². The minimum atomic E-state index is 0.103. The first-order chi connectivity index (χ1) is 9.02. The highest BCUT2D eigenvalue weighted by atomic mass is 79.9. The standard InChI is InChI=1S/C15H22BrNOS/c1-15(2,7-4-8-16)10-17-14(18)13-9-11-5-3-6-12(11)19-13/h9H,3-8,10H2,1-2H3,(H,17,18). The third-order valence-electron chi connectivity index (χ3n) is 3.69. The Morgan fingerprint density at radius 3 is 2.95 bits per heavy atom. The normalized spacial score (nSPS) is 14.5. The molecule has 1 N–H and O–H groups in total. The minimum Gasteiger partial charge on any atom is -0.351 e. The maximum atomic E-state index is 12.2. The molecule has 1 aromatic rings. The predicted octanol–water partition coefficient (Wildman–Crippen LogP) is 4.17. The second kappa shape index (κ2) is 6.40. The number of rotatable bonds is 6. The highest BCUT2D eigenvalue weighted by Gasteiger charge is 2.21. The molecule has 0 radical (unpaired) electrons. The molecule has 1 heterocycles. The molecule has 0 saturated heterocycles. The second-order valence-electron chi connectivity index (χ2n) is 6.05. The number of hydrogen-bond acceptors (Lipinski definition) is 2. The minimum absolute atomic E-state index is 0.103. The number of amides is 1. The third-order valence-corrected chi connectivity index (χ3v) is 5.48. The molecule has 1 aromatic heterocycles. The van der Waals surface area contributed by atoms with Gasteiger partial charge in [0.1, 0.15) is 0 Å². The Morgan fingerprint density at radius 2 is 2.26 bits per heavy atom. The number of hydrogen-bond donors (Lipinski definition) is 1. The van der Waals surface area contributed by atoms with Gasteiger partial charge in [0.2, 0.25) is 0 Å². The summed E-state index contributed by atoms with van der Waals surface area (Å²) in [5, 5.41) is 4.12. The van der Waals surface area contributed by atoms with E-state index in [0.717, 1.165) is 42.4 Å². The van der Waals surface area contributed by atoms with Crippen molar-refractivity contribution < 1.29 is 4.79 Å². The first-order valence-electron chi connectivity index (χ1n) is 6.97. The van der Waals surface area contributed by atoms with Gasteiger partial charge in [0.05, 0.1) is 4.88 Å². The molecule has 1 amide bonds. The molecule has 19 heavy (non-hydrogen) atoms. The lowest BCUT2D eigenvalue weighted by molar-refractivity contribution is 0.0938. The van der Waals surface area contributed by atoms with Gasteiger partial charge >= 0.3 is 0 Å². The molecule has 4 heteroatoms. The number of halogens is 1. The molecule has 1 aliphatic rings. The van der Waals surface area contributed by atoms with Gasteiger partial charge in [0.15, 0.2) is 0 Å². The van der Waals surface area contributed by atoms with E-state index in [2.05, 4.69) is 41.2 Å². The van der Waals surface area contributed by atoms with Crippen LogP contribution in [0.15, 0.2) is 6.07 Å². The number of nitrogens with one attached hydrogen (secondary N) is 1. The van der Waals surface area contributed by atoms with E-state index in [-0.39, 0.29) is 11.3 Å². The fourth-order valence-electron chi connectivity index (χ4n) is 2.48. The Kier molecular flexibility index (Phi) is 5.07. The Balaban J connectivity index is 1.87. The van der Waals surface area contributed by atoms with Gasteiger partial charge < -0.3 is 5.32 Å². The van der Waals surface area contributed by atoms with Gasteiger partial charge in [-0.15, -0.1) is 11.3 Å². The predicted molar refractivity (Wildman–Crippen MR) is 85.5 cm³/mol. The number of aryl methyl sites for hydroxylation is 2. The Morgan fingerprint density at radius 1 is 1.47 bits per heavy atom. The Labute approximate surface area is 128 Å². The van der Waals surface area contributed by atoms with E-state index in [9.17, 15) is 4.79 Å². The molecule has 0 aliphatic heterocycles. The maximum absolute atomic E-state index is 12.2. The first-order valence-corrected chi connectivity index (χ1v) is 8.91. The van der Waals surface area contributed by atoms with Crippen molar-refractivity contribution in [3.05, 3.63) is 21.4 Å². The first kappa shape index (κ1) is 15.0. The summed E-state index contributed by atoms with van der Waals surface area (Å²) >= 11 is 5.14. The lowest BCUT2D eigenvalue weighted by Crippen LogP contribution is -2.33. The van der Waals surface area contributed by atoms with Gasteiger partial charge in [0, 0.05) is 16.8 Å². The van der Waals surface area contributed by atoms with Crippen LogP contribution in [0.25, 0.3) is 0 Å². The zero-order valence-corrected chi connectivity index (χ0v) is 14.1. The topological polar surface area (TPSA) is 29.1 Å². The highest BCUT2D eigenvalue weighted by Crippen LogP contribution is 2.30. The Bertz CT molecular complexity index is 431. The molecule has 0 aromatic carbocycles. The van der Waals surface area contributed by atoms with Crippen LogP contribution in [0.2, 0.25) is 0 Å². The van der Waals surface area contributed by atoms with Crippen LogP contribution < -0.4 is 5.32 Å². The summed E-state index contributed by atoms with van der Waals surface area (Å²) < 4.78 is 0. The van der Waals surface area contributed by atoms with Crippen molar-refractivity contribution in [1.29, 1.82) is 0 Å². The van der Waals surface area contributed by atoms with Crippen LogP contribution in [0.1, 0.15) is 53.2 Å². The lowest BCUT2D eigenvalue weighted by atomic mass is 9.88. The van der Waals surface area contributed by atoms with Crippen LogP contribution in [-0.4, -0.2) is 17.8 Å². The zero-order valence-electron chi connectivity index (χ0n) is 11.7. The maximum Gasteiger partial charge on any atom is 0.261 e. The molecule has 0 atom stereocenters. The molecule has 0 saturated carbocycles. The number of alkyl halides is 1. The fourth-order valence-corrected chi connectivity index (χ4v) is 3.93. The molecule has 0 fully saturated rings. The quantitative estimate of drug-likeness (QED) is 0.771. The summed E-state index contributed by atoms with van der Waals surface area (Å²) in [5.41, 5.74) is 1.57. The van der Waals surface area contributed by atoms with Crippen LogP contribution in [-0.2, 0) is 12.8 Å². The SMILES string of the molecule is CC(C)(CCCBr)CNC(=O)c1cc2c(s1)CCC2. The fraction of sp³-hybridized carbons (Fsp3) is 0.667. The molecule has 2 rings (SSSR count). The van der Waals surface area contributed by atoms with Gasteiger partial charge in [-0.2, -0.15) is 0 Å². The van der Waals surface area contributed by atoms with Crippen molar-refractivity contribution in [2.24, 2.45) is 5.41 Å². The van der Waals surface area contributed by atoms with Gasteiger partial charge in [-0.25, -0.2) is 0 Å². The van der Waals surface area contributed by atoms with Crippen molar-refractivity contribution in [2.45, 2.75) is 46.0 Å². The monoisotopic (exact) mass is 343 g/mol. The third kappa shape index (κ3) is 4.06. The van der Waals surface area contributed by atoms with Crippen molar-refractivity contribution in [2.75, 3.05) is 11.9 Å². The van der Waals surface area contributed by atoms with E-state index in [4.69, 9.17) is 0 Å². The molecule has 106 valence electrons. The lowest BCUT2D eigenvalue weighted by Gasteiger charge is -2.24. The number of carbonyl (C=O) groups is 1. The summed E-state index contributed by atoms with van der Waals surface area (Å²) in [6, 6.07) is 2.09. The van der Waals surface area contributed by atoms with E-state index in [1.807, 2.05) is 0 Å². The molecule has 0 spiro atoms. The van der Waals surface area contributed by atoms with E-state index < -0.39 is 0 Å². The van der Waals surface area contributed by atoms with E-state index >= 15 is 0 Å². The number of carbonyl (C=O) groups excluding carboxylic acids is 1. The molecule has 2 nitrogen and oxygen atoms in total. The summed E-state index contributed by atoms with van der Waals surface area (Å²) in [7, 11) is 0. The van der Waals surface area contributed by atoms with Gasteiger partial charge in [-0.05, 0) is 49.1 Å².